The van der Waals surface area contributed by atoms with Crippen LogP contribution in [-0.4, -0.2) is 14.8 Å². The second kappa shape index (κ2) is 5.29. The zero-order valence-corrected chi connectivity index (χ0v) is 9.73. The zero-order valence-electron chi connectivity index (χ0n) is 9.73. The average molecular weight is 203 g/mol. The minimum absolute atomic E-state index is 1.03. The third-order valence-corrected chi connectivity index (χ3v) is 1.93. The summed E-state index contributed by atoms with van der Waals surface area (Å²) in [4.78, 5) is 4.14. The molecule has 0 aliphatic heterocycles. The van der Waals surface area contributed by atoms with Gasteiger partial charge in [-0.15, -0.1) is 0 Å². The van der Waals surface area contributed by atoms with E-state index in [0.29, 0.717) is 0 Å². The molecule has 0 fully saturated rings. The summed E-state index contributed by atoms with van der Waals surface area (Å²) in [5.74, 6) is 0. The highest BCUT2D eigenvalue weighted by molar-refractivity contribution is 5.61. The van der Waals surface area contributed by atoms with Gasteiger partial charge in [0.15, 0.2) is 0 Å². The summed E-state index contributed by atoms with van der Waals surface area (Å²) >= 11 is 0. The van der Waals surface area contributed by atoms with Crippen LogP contribution in [0.25, 0.3) is 11.1 Å². The van der Waals surface area contributed by atoms with Crippen LogP contribution in [0.2, 0.25) is 0 Å². The number of pyridine rings is 1. The number of rotatable bonds is 1. The van der Waals surface area contributed by atoms with E-state index < -0.39 is 0 Å². The minimum atomic E-state index is 1.03. The maximum Gasteiger partial charge on any atom is 0.0568 e. The molecule has 0 saturated carbocycles. The molecule has 0 bridgehead atoms. The van der Waals surface area contributed by atoms with E-state index in [0.717, 1.165) is 11.3 Å². The summed E-state index contributed by atoms with van der Waals surface area (Å²) in [5.41, 5.74) is 3.33. The molecular formula is C12H17N3. The van der Waals surface area contributed by atoms with Crippen LogP contribution in [0.15, 0.2) is 30.7 Å². The lowest BCUT2D eigenvalue weighted by atomic mass is 10.1. The quantitative estimate of drug-likeness (QED) is 0.713. The molecule has 0 spiro atoms. The van der Waals surface area contributed by atoms with Crippen molar-refractivity contribution in [3.63, 3.8) is 0 Å². The molecule has 0 saturated heterocycles. The Bertz CT molecular complexity index is 418. The van der Waals surface area contributed by atoms with Crippen LogP contribution >= 0.6 is 0 Å². The van der Waals surface area contributed by atoms with Crippen LogP contribution < -0.4 is 0 Å². The third-order valence-electron chi connectivity index (χ3n) is 1.93. The molecule has 2 aromatic rings. The molecule has 15 heavy (non-hydrogen) atoms. The number of aryl methyl sites for hydroxylation is 2. The summed E-state index contributed by atoms with van der Waals surface area (Å²) in [7, 11) is 1.91. The molecule has 0 aromatic carbocycles. The lowest BCUT2D eigenvalue weighted by molar-refractivity contribution is 0.768. The monoisotopic (exact) mass is 203 g/mol. The van der Waals surface area contributed by atoms with Gasteiger partial charge in [0, 0.05) is 30.7 Å². The number of hydrogen-bond acceptors (Lipinski definition) is 2. The van der Waals surface area contributed by atoms with E-state index in [9.17, 15) is 0 Å². The topological polar surface area (TPSA) is 30.7 Å². The van der Waals surface area contributed by atoms with Crippen molar-refractivity contribution in [3.8, 4) is 11.1 Å². The van der Waals surface area contributed by atoms with Gasteiger partial charge in [-0.25, -0.2) is 0 Å². The van der Waals surface area contributed by atoms with Crippen molar-refractivity contribution in [3.05, 3.63) is 36.4 Å². The van der Waals surface area contributed by atoms with Crippen molar-refractivity contribution in [2.75, 3.05) is 0 Å². The maximum absolute atomic E-state index is 4.14. The van der Waals surface area contributed by atoms with Crippen LogP contribution in [0, 0.1) is 6.92 Å². The molecule has 0 unspecified atom stereocenters. The van der Waals surface area contributed by atoms with E-state index in [1.807, 2.05) is 52.5 Å². The molecule has 2 rings (SSSR count). The van der Waals surface area contributed by atoms with Crippen LogP contribution in [0.4, 0.5) is 0 Å². The van der Waals surface area contributed by atoms with Gasteiger partial charge >= 0.3 is 0 Å². The van der Waals surface area contributed by atoms with E-state index >= 15 is 0 Å². The van der Waals surface area contributed by atoms with Crippen LogP contribution in [0.3, 0.4) is 0 Å². The van der Waals surface area contributed by atoms with Crippen molar-refractivity contribution in [1.29, 1.82) is 0 Å². The van der Waals surface area contributed by atoms with E-state index in [1.54, 1.807) is 4.68 Å². The molecule has 3 heteroatoms. The van der Waals surface area contributed by atoms with Crippen molar-refractivity contribution in [2.45, 2.75) is 20.8 Å². The highest BCUT2D eigenvalue weighted by atomic mass is 15.2. The second-order valence-electron chi connectivity index (χ2n) is 3.09. The van der Waals surface area contributed by atoms with Gasteiger partial charge in [0.25, 0.3) is 0 Å². The number of aromatic nitrogens is 3. The molecule has 0 N–H and O–H groups in total. The Labute approximate surface area is 90.8 Å². The van der Waals surface area contributed by atoms with Crippen molar-refractivity contribution in [1.82, 2.24) is 14.8 Å². The lowest BCUT2D eigenvalue weighted by Crippen LogP contribution is -1.84. The van der Waals surface area contributed by atoms with Gasteiger partial charge in [-0.05, 0) is 24.6 Å². The molecule has 0 aliphatic carbocycles. The van der Waals surface area contributed by atoms with E-state index in [2.05, 4.69) is 16.1 Å². The fourth-order valence-corrected chi connectivity index (χ4v) is 1.30. The third kappa shape index (κ3) is 2.91. The average Bonchev–Trinajstić information content (AvgIpc) is 2.68. The Hall–Kier alpha value is -1.64. The number of hydrogen-bond donors (Lipinski definition) is 0. The molecule has 0 aliphatic rings. The van der Waals surface area contributed by atoms with Crippen molar-refractivity contribution >= 4 is 0 Å². The van der Waals surface area contributed by atoms with Gasteiger partial charge in [0.2, 0.25) is 0 Å². The predicted molar refractivity (Wildman–Crippen MR) is 62.5 cm³/mol. The standard InChI is InChI=1S/C10H11N3.C2H6/c1-8-5-9(3-4-11-8)10-6-12-13(2)7-10;1-2/h3-7H,1-2H3;1-2H3. The Kier molecular flexibility index (Phi) is 4.03. The normalized spacial score (nSPS) is 9.33. The second-order valence-corrected chi connectivity index (χ2v) is 3.09. The minimum Gasteiger partial charge on any atom is -0.275 e. The first kappa shape index (κ1) is 11.4. The molecule has 2 aromatic heterocycles. The van der Waals surface area contributed by atoms with Gasteiger partial charge in [-0.3, -0.25) is 9.67 Å². The van der Waals surface area contributed by atoms with E-state index in [-0.39, 0.29) is 0 Å². The smallest absolute Gasteiger partial charge is 0.0568 e. The molecule has 0 radical (unpaired) electrons. The van der Waals surface area contributed by atoms with Crippen LogP contribution in [-0.2, 0) is 7.05 Å². The molecule has 2 heterocycles. The van der Waals surface area contributed by atoms with E-state index in [1.165, 1.54) is 5.56 Å². The van der Waals surface area contributed by atoms with Gasteiger partial charge in [0.1, 0.15) is 0 Å². The molecule has 80 valence electrons. The first-order valence-electron chi connectivity index (χ1n) is 5.17. The number of nitrogens with zero attached hydrogens (tertiary/aromatic N) is 3. The molecule has 0 amide bonds. The fraction of sp³-hybridized carbons (Fsp3) is 0.333. The predicted octanol–water partition coefficient (Wildman–Crippen LogP) is 2.82. The van der Waals surface area contributed by atoms with Gasteiger partial charge < -0.3 is 0 Å². The maximum atomic E-state index is 4.14. The largest absolute Gasteiger partial charge is 0.275 e. The van der Waals surface area contributed by atoms with Crippen molar-refractivity contribution in [2.24, 2.45) is 7.05 Å². The van der Waals surface area contributed by atoms with E-state index in [4.69, 9.17) is 0 Å². The van der Waals surface area contributed by atoms with Gasteiger partial charge in [0.05, 0.1) is 6.20 Å². The summed E-state index contributed by atoms with van der Waals surface area (Å²) in [6.45, 7) is 5.99. The highest BCUT2D eigenvalue weighted by Crippen LogP contribution is 2.17. The van der Waals surface area contributed by atoms with Crippen LogP contribution in [0.1, 0.15) is 19.5 Å². The summed E-state index contributed by atoms with van der Waals surface area (Å²) in [6, 6.07) is 4.04. The molecule has 3 nitrogen and oxygen atoms in total. The van der Waals surface area contributed by atoms with Crippen LogP contribution in [0.5, 0.6) is 0 Å². The summed E-state index contributed by atoms with van der Waals surface area (Å²) in [6.07, 6.45) is 5.67. The van der Waals surface area contributed by atoms with Crippen molar-refractivity contribution < 1.29 is 0 Å². The summed E-state index contributed by atoms with van der Waals surface area (Å²) in [5, 5.41) is 4.12. The fourth-order valence-electron chi connectivity index (χ4n) is 1.30. The Morgan fingerprint density at radius 3 is 2.47 bits per heavy atom. The highest BCUT2D eigenvalue weighted by Gasteiger charge is 1.99. The summed E-state index contributed by atoms with van der Waals surface area (Å²) < 4.78 is 1.80. The van der Waals surface area contributed by atoms with Gasteiger partial charge in [-0.1, -0.05) is 13.8 Å². The Balaban J connectivity index is 0.000000531. The first-order valence-corrected chi connectivity index (χ1v) is 5.17. The zero-order chi connectivity index (χ0) is 11.3. The first-order chi connectivity index (χ1) is 7.25. The Morgan fingerprint density at radius 1 is 1.20 bits per heavy atom. The Morgan fingerprint density at radius 2 is 1.93 bits per heavy atom. The molecular weight excluding hydrogens is 186 g/mol. The lowest BCUT2D eigenvalue weighted by Gasteiger charge is -1.96. The SMILES string of the molecule is CC.Cc1cc(-c2cnn(C)c2)ccn1. The van der Waals surface area contributed by atoms with Gasteiger partial charge in [-0.2, -0.15) is 5.10 Å². The molecule has 0 atom stereocenters.